The van der Waals surface area contributed by atoms with E-state index in [4.69, 9.17) is 4.74 Å². The van der Waals surface area contributed by atoms with Gasteiger partial charge in [0.15, 0.2) is 0 Å². The minimum atomic E-state index is -3.14. The number of likely N-dealkylation sites (tertiary alicyclic amines) is 1. The van der Waals surface area contributed by atoms with Crippen LogP contribution in [0.4, 0.5) is 0 Å². The van der Waals surface area contributed by atoms with E-state index in [2.05, 4.69) is 22.6 Å². The number of piperidine rings is 1. The number of nitrogens with one attached hydrogen (secondary N) is 1. The fourth-order valence-corrected chi connectivity index (χ4v) is 3.67. The summed E-state index contributed by atoms with van der Waals surface area (Å²) in [5.74, 6) is 0.849. The molecule has 0 radical (unpaired) electrons. The smallest absolute Gasteiger partial charge is 0.208 e. The van der Waals surface area contributed by atoms with E-state index in [0.717, 1.165) is 31.7 Å². The fourth-order valence-electron chi connectivity index (χ4n) is 2.87. The summed E-state index contributed by atoms with van der Waals surface area (Å²) in [5.41, 5.74) is 1.19. The fraction of sp³-hybridized carbons (Fsp3) is 0.600. The van der Waals surface area contributed by atoms with Crippen LogP contribution < -0.4 is 9.46 Å². The lowest BCUT2D eigenvalue weighted by atomic mass is 10.0. The van der Waals surface area contributed by atoms with E-state index >= 15 is 0 Å². The van der Waals surface area contributed by atoms with Gasteiger partial charge < -0.3 is 4.74 Å². The summed E-state index contributed by atoms with van der Waals surface area (Å²) >= 11 is 0. The summed E-state index contributed by atoms with van der Waals surface area (Å²) < 4.78 is 30.8. The first kappa shape index (κ1) is 16.3. The third-order valence-electron chi connectivity index (χ3n) is 3.96. The van der Waals surface area contributed by atoms with Crippen molar-refractivity contribution in [2.45, 2.75) is 31.8 Å². The maximum atomic E-state index is 11.4. The number of nitrogens with zero attached hydrogens (tertiary/aromatic N) is 1. The molecule has 0 unspecified atom stereocenters. The van der Waals surface area contributed by atoms with Crippen molar-refractivity contribution in [3.8, 4) is 5.75 Å². The SMILES string of the molecule is COc1cccc([C@@H](C)N2CCC[C@@H](NS(C)(=O)=O)C2)c1. The van der Waals surface area contributed by atoms with Crippen LogP contribution in [0.3, 0.4) is 0 Å². The van der Waals surface area contributed by atoms with Gasteiger partial charge in [0.1, 0.15) is 5.75 Å². The van der Waals surface area contributed by atoms with Gasteiger partial charge in [0.25, 0.3) is 0 Å². The van der Waals surface area contributed by atoms with Crippen LogP contribution in [-0.2, 0) is 10.0 Å². The Bertz CT molecular complexity index is 574. The minimum absolute atomic E-state index is 0.00167. The maximum absolute atomic E-state index is 11.4. The van der Waals surface area contributed by atoms with Crippen molar-refractivity contribution < 1.29 is 13.2 Å². The molecule has 1 fully saturated rings. The molecule has 118 valence electrons. The highest BCUT2D eigenvalue weighted by atomic mass is 32.2. The predicted molar refractivity (Wildman–Crippen MR) is 84.0 cm³/mol. The van der Waals surface area contributed by atoms with Crippen molar-refractivity contribution >= 4 is 10.0 Å². The van der Waals surface area contributed by atoms with Gasteiger partial charge in [-0.2, -0.15) is 0 Å². The molecule has 0 aromatic heterocycles. The van der Waals surface area contributed by atoms with Crippen LogP contribution in [0.15, 0.2) is 24.3 Å². The minimum Gasteiger partial charge on any atom is -0.497 e. The van der Waals surface area contributed by atoms with E-state index in [1.807, 2.05) is 18.2 Å². The van der Waals surface area contributed by atoms with Crippen molar-refractivity contribution in [2.24, 2.45) is 0 Å². The lowest BCUT2D eigenvalue weighted by Crippen LogP contribution is -2.47. The highest BCUT2D eigenvalue weighted by molar-refractivity contribution is 7.88. The molecule has 0 saturated carbocycles. The second kappa shape index (κ2) is 6.77. The largest absolute Gasteiger partial charge is 0.497 e. The van der Waals surface area contributed by atoms with Crippen molar-refractivity contribution in [3.63, 3.8) is 0 Å². The van der Waals surface area contributed by atoms with Gasteiger partial charge in [-0.15, -0.1) is 0 Å². The molecule has 1 heterocycles. The monoisotopic (exact) mass is 312 g/mol. The molecular formula is C15H24N2O3S. The van der Waals surface area contributed by atoms with E-state index < -0.39 is 10.0 Å². The molecule has 2 rings (SSSR count). The maximum Gasteiger partial charge on any atom is 0.208 e. The number of ether oxygens (including phenoxy) is 1. The van der Waals surface area contributed by atoms with Crippen molar-refractivity contribution in [2.75, 3.05) is 26.5 Å². The first-order valence-electron chi connectivity index (χ1n) is 7.24. The summed E-state index contributed by atoms with van der Waals surface area (Å²) in [7, 11) is -1.48. The van der Waals surface area contributed by atoms with Crippen molar-refractivity contribution in [1.29, 1.82) is 0 Å². The van der Waals surface area contributed by atoms with Crippen LogP contribution in [0, 0.1) is 0 Å². The van der Waals surface area contributed by atoms with E-state index in [-0.39, 0.29) is 12.1 Å². The summed E-state index contributed by atoms with van der Waals surface area (Å²) in [6.45, 7) is 3.88. The molecule has 1 N–H and O–H groups in total. The molecule has 0 spiro atoms. The van der Waals surface area contributed by atoms with Crippen molar-refractivity contribution in [3.05, 3.63) is 29.8 Å². The number of methoxy groups -OCH3 is 1. The highest BCUT2D eigenvalue weighted by Crippen LogP contribution is 2.26. The van der Waals surface area contributed by atoms with E-state index in [9.17, 15) is 8.42 Å². The zero-order valence-corrected chi connectivity index (χ0v) is 13.7. The molecule has 0 aliphatic carbocycles. The van der Waals surface area contributed by atoms with Gasteiger partial charge in [0.05, 0.1) is 13.4 Å². The highest BCUT2D eigenvalue weighted by Gasteiger charge is 2.26. The molecule has 21 heavy (non-hydrogen) atoms. The predicted octanol–water partition coefficient (Wildman–Crippen LogP) is 1.77. The number of sulfonamides is 1. The first-order valence-corrected chi connectivity index (χ1v) is 9.13. The Labute approximate surface area is 127 Å². The van der Waals surface area contributed by atoms with Gasteiger partial charge in [0.2, 0.25) is 10.0 Å². The zero-order chi connectivity index (χ0) is 15.5. The van der Waals surface area contributed by atoms with Crippen LogP contribution in [0.2, 0.25) is 0 Å². The summed E-state index contributed by atoms with van der Waals surface area (Å²) in [6, 6.07) is 8.28. The van der Waals surface area contributed by atoms with Gasteiger partial charge in [-0.3, -0.25) is 4.90 Å². The van der Waals surface area contributed by atoms with Crippen molar-refractivity contribution in [1.82, 2.24) is 9.62 Å². The quantitative estimate of drug-likeness (QED) is 0.900. The standard InChI is InChI=1S/C15H24N2O3S/c1-12(13-6-4-8-15(10-13)20-2)17-9-5-7-14(11-17)16-21(3,18)19/h4,6,8,10,12,14,16H,5,7,9,11H2,1-3H3/t12-,14-/m1/s1. The zero-order valence-electron chi connectivity index (χ0n) is 12.9. The lowest BCUT2D eigenvalue weighted by molar-refractivity contribution is 0.154. The second-order valence-corrected chi connectivity index (χ2v) is 7.46. The van der Waals surface area contributed by atoms with Gasteiger partial charge in [-0.25, -0.2) is 13.1 Å². The second-order valence-electron chi connectivity index (χ2n) is 5.68. The van der Waals surface area contributed by atoms with E-state index in [1.54, 1.807) is 7.11 Å². The number of hydrogen-bond acceptors (Lipinski definition) is 4. The Balaban J connectivity index is 2.06. The molecular weight excluding hydrogens is 288 g/mol. The Morgan fingerprint density at radius 1 is 1.43 bits per heavy atom. The molecule has 0 bridgehead atoms. The topological polar surface area (TPSA) is 58.6 Å². The van der Waals surface area contributed by atoms with Crippen LogP contribution in [0.5, 0.6) is 5.75 Å². The molecule has 1 aliphatic rings. The molecule has 1 saturated heterocycles. The third kappa shape index (κ3) is 4.69. The Morgan fingerprint density at radius 3 is 2.86 bits per heavy atom. The van der Waals surface area contributed by atoms with Gasteiger partial charge in [0, 0.05) is 18.6 Å². The first-order chi connectivity index (χ1) is 9.89. The van der Waals surface area contributed by atoms with E-state index in [0.29, 0.717) is 0 Å². The average molecular weight is 312 g/mol. The molecule has 0 amide bonds. The Morgan fingerprint density at radius 2 is 2.19 bits per heavy atom. The molecule has 1 aromatic rings. The van der Waals surface area contributed by atoms with Gasteiger partial charge in [-0.1, -0.05) is 12.1 Å². The summed E-state index contributed by atoms with van der Waals surface area (Å²) in [5, 5.41) is 0. The Kier molecular flexibility index (Phi) is 5.24. The van der Waals surface area contributed by atoms with Crippen LogP contribution >= 0.6 is 0 Å². The van der Waals surface area contributed by atoms with Gasteiger partial charge >= 0.3 is 0 Å². The number of hydrogen-bond donors (Lipinski definition) is 1. The molecule has 1 aliphatic heterocycles. The molecule has 2 atom stereocenters. The van der Waals surface area contributed by atoms with Crippen LogP contribution in [0.25, 0.3) is 0 Å². The van der Waals surface area contributed by atoms with Crippen LogP contribution in [-0.4, -0.2) is 45.8 Å². The summed E-state index contributed by atoms with van der Waals surface area (Å²) in [4.78, 5) is 2.32. The molecule has 1 aromatic carbocycles. The molecule has 5 nitrogen and oxygen atoms in total. The third-order valence-corrected chi connectivity index (χ3v) is 4.72. The molecule has 6 heteroatoms. The lowest BCUT2D eigenvalue weighted by Gasteiger charge is -2.37. The van der Waals surface area contributed by atoms with E-state index in [1.165, 1.54) is 11.8 Å². The Hall–Kier alpha value is -1.11. The van der Waals surface area contributed by atoms with Crippen LogP contribution in [0.1, 0.15) is 31.4 Å². The summed E-state index contributed by atoms with van der Waals surface area (Å²) in [6.07, 6.45) is 3.12. The number of rotatable bonds is 5. The van der Waals surface area contributed by atoms with Gasteiger partial charge in [-0.05, 0) is 44.0 Å². The normalized spacial score (nSPS) is 22.0. The number of benzene rings is 1. The average Bonchev–Trinajstić information content (AvgIpc) is 2.45.